The number of aromatic nitrogens is 7. The number of rotatable bonds is 2. The van der Waals surface area contributed by atoms with E-state index in [-0.39, 0.29) is 41.4 Å². The van der Waals surface area contributed by atoms with Crippen molar-refractivity contribution in [1.29, 1.82) is 0 Å². The Bertz CT molecular complexity index is 2040. The zero-order chi connectivity index (χ0) is 33.5. The lowest BCUT2D eigenvalue weighted by molar-refractivity contribution is -0.116. The van der Waals surface area contributed by atoms with Crippen LogP contribution >= 0.6 is 14.2 Å². The minimum atomic E-state index is -4.61. The van der Waals surface area contributed by atoms with E-state index >= 15 is 8.78 Å². The van der Waals surface area contributed by atoms with Crippen molar-refractivity contribution in [2.45, 2.75) is 62.1 Å². The molecule has 0 saturated carbocycles. The lowest BCUT2D eigenvalue weighted by atomic mass is 10.1. The lowest BCUT2D eigenvalue weighted by Crippen LogP contribution is -2.37. The number of nitrogens with one attached hydrogen (secondary N) is 1. The number of fused-ring (bicyclic) bond motifs is 3. The molecule has 4 aromatic heterocycles. The molecule has 0 bridgehead atoms. The fourth-order valence-corrected chi connectivity index (χ4v) is 8.60. The summed E-state index contributed by atoms with van der Waals surface area (Å²) in [5, 5.41) is 7.75. The van der Waals surface area contributed by atoms with Crippen LogP contribution in [-0.2, 0) is 55.2 Å². The quantitative estimate of drug-likeness (QED) is 0.197. The second kappa shape index (κ2) is 11.8. The van der Waals surface area contributed by atoms with Gasteiger partial charge in [0.25, 0.3) is 7.47 Å². The highest BCUT2D eigenvalue weighted by atomic mass is 32.5. The first kappa shape index (κ1) is 32.2. The summed E-state index contributed by atoms with van der Waals surface area (Å²) < 4.78 is 81.9. The van der Waals surface area contributed by atoms with Crippen molar-refractivity contribution in [2.24, 2.45) is 0 Å². The molecular weight excluding hydrogens is 701 g/mol. The van der Waals surface area contributed by atoms with Gasteiger partial charge in [-0.25, -0.2) is 33.4 Å². The molecule has 24 heteroatoms. The zero-order valence-electron chi connectivity index (χ0n) is 24.3. The first-order chi connectivity index (χ1) is 22.9. The van der Waals surface area contributed by atoms with Gasteiger partial charge in [0.15, 0.2) is 41.9 Å². The number of carbonyl (C=O) groups excluding carboxylic acids is 1. The fourth-order valence-electron chi connectivity index (χ4n) is 6.15. The number of anilines is 2. The van der Waals surface area contributed by atoms with Crippen LogP contribution in [0.3, 0.4) is 0 Å². The van der Waals surface area contributed by atoms with E-state index in [2.05, 4.69) is 30.4 Å². The number of nitrogens with two attached hydrogens (primary N) is 1. The minimum Gasteiger partial charge on any atom is -0.382 e. The molecular formula is C24H24BF2N9O9P2S. The highest BCUT2D eigenvalue weighted by Crippen LogP contribution is 2.54. The second-order valence-electron chi connectivity index (χ2n) is 11.3. The van der Waals surface area contributed by atoms with Gasteiger partial charge < -0.3 is 39.0 Å². The van der Waals surface area contributed by atoms with E-state index in [0.29, 0.717) is 16.8 Å². The molecule has 4 aliphatic heterocycles. The van der Waals surface area contributed by atoms with Gasteiger partial charge in [0.2, 0.25) is 13.5 Å². The average molecular weight is 725 g/mol. The van der Waals surface area contributed by atoms with Gasteiger partial charge >= 0.3 is 6.72 Å². The van der Waals surface area contributed by atoms with Crippen LogP contribution in [0.2, 0.25) is 0 Å². The number of ether oxygens (including phenoxy) is 2. The second-order valence-corrected chi connectivity index (χ2v) is 15.7. The van der Waals surface area contributed by atoms with Crippen molar-refractivity contribution in [1.82, 2.24) is 34.3 Å². The highest BCUT2D eigenvalue weighted by molar-refractivity contribution is 8.07. The van der Waals surface area contributed by atoms with Gasteiger partial charge in [0.1, 0.15) is 36.3 Å². The van der Waals surface area contributed by atoms with Crippen LogP contribution in [0.1, 0.15) is 24.6 Å². The largest absolute Gasteiger partial charge is 0.382 e. The third-order valence-corrected chi connectivity index (χ3v) is 10.9. The topological polar surface area (TPSA) is 222 Å². The van der Waals surface area contributed by atoms with Gasteiger partial charge in [-0.15, -0.1) is 0 Å². The van der Waals surface area contributed by atoms with Crippen LogP contribution in [0.5, 0.6) is 0 Å². The molecule has 2 radical (unpaired) electrons. The molecule has 8 heterocycles. The van der Waals surface area contributed by atoms with Crippen molar-refractivity contribution in [2.75, 3.05) is 24.3 Å². The fraction of sp³-hybridized carbons (Fsp3) is 0.500. The standard InChI is InChI=1S/C24H24BF2N9O9P2S/c25-46(38)40-5-11-19(15(26)23(42-11)35-8-32-17-20(28)30-7-31-22(17)35)45-47(39,48)41-6-12-18(44-46)16(27)24(43-12)36-21-14-9(3-4-29-21)33-13(37)2-1-10(14)34-36/h3-4,7-8,11-12,15-16,18-19,23-24H,1-2,5-6H2,(H,33,37)(H,39,48)(H2,28,30,31)/t11-,12-,15?,16+,18?,19+,23-,24-,46?,47?/m1/s1. The Labute approximate surface area is 274 Å². The van der Waals surface area contributed by atoms with Gasteiger partial charge in [-0.2, -0.15) is 5.10 Å². The molecule has 18 nitrogen and oxygen atoms in total. The van der Waals surface area contributed by atoms with E-state index in [1.165, 1.54) is 21.8 Å². The predicted octanol–water partition coefficient (Wildman–Crippen LogP) is 1.52. The van der Waals surface area contributed by atoms with E-state index in [4.69, 9.17) is 52.7 Å². The highest BCUT2D eigenvalue weighted by Gasteiger charge is 2.54. The molecule has 4 aromatic rings. The number of imidazole rings is 1. The van der Waals surface area contributed by atoms with Gasteiger partial charge in [-0.1, -0.05) is 0 Å². The Hall–Kier alpha value is -3.04. The van der Waals surface area contributed by atoms with Crippen LogP contribution in [0.15, 0.2) is 24.9 Å². The number of alkyl halides is 2. The maximum Gasteiger partial charge on any atom is 0.325 e. The zero-order valence-corrected chi connectivity index (χ0v) is 26.9. The average Bonchev–Trinajstić information content (AvgIpc) is 3.75. The molecule has 8 rings (SSSR count). The maximum absolute atomic E-state index is 16.3. The van der Waals surface area contributed by atoms with Crippen molar-refractivity contribution >= 4 is 73.2 Å². The van der Waals surface area contributed by atoms with E-state index in [0.717, 1.165) is 6.33 Å². The number of pyridine rings is 1. The number of carbonyl (C=O) groups is 1. The molecule has 0 aromatic carbocycles. The van der Waals surface area contributed by atoms with E-state index in [1.54, 1.807) is 6.07 Å². The van der Waals surface area contributed by atoms with Crippen LogP contribution in [-0.4, -0.2) is 103 Å². The summed E-state index contributed by atoms with van der Waals surface area (Å²) in [5.41, 5.74) is 7.29. The summed E-state index contributed by atoms with van der Waals surface area (Å²) in [4.78, 5) is 39.5. The van der Waals surface area contributed by atoms with Gasteiger partial charge in [-0.05, 0) is 17.9 Å². The van der Waals surface area contributed by atoms with E-state index in [9.17, 15) is 14.3 Å². The molecule has 0 aliphatic carbocycles. The van der Waals surface area contributed by atoms with Crippen LogP contribution < -0.4 is 11.1 Å². The normalized spacial score (nSPS) is 37.4. The lowest BCUT2D eigenvalue weighted by Gasteiger charge is -2.29. The summed E-state index contributed by atoms with van der Waals surface area (Å²) in [6.07, 6.45) is -8.98. The van der Waals surface area contributed by atoms with Crippen molar-refractivity contribution in [3.8, 4) is 0 Å². The monoisotopic (exact) mass is 725 g/mol. The molecule has 252 valence electrons. The summed E-state index contributed by atoms with van der Waals surface area (Å²) in [7, 11) is 1.29. The Morgan fingerprint density at radius 3 is 2.56 bits per heavy atom. The molecule has 4 N–H and O–H groups in total. The first-order valence-corrected chi connectivity index (χ1v) is 18.6. The molecule has 0 spiro atoms. The summed E-state index contributed by atoms with van der Waals surface area (Å²) >= 11 is 5.19. The van der Waals surface area contributed by atoms with Crippen molar-refractivity contribution in [3.05, 3.63) is 30.6 Å². The molecule has 1 amide bonds. The number of nitrogens with zero attached hydrogens (tertiary/aromatic N) is 7. The van der Waals surface area contributed by atoms with Gasteiger partial charge in [0, 0.05) is 19.0 Å². The summed E-state index contributed by atoms with van der Waals surface area (Å²) in [5.74, 6) is -0.167. The van der Waals surface area contributed by atoms with Crippen LogP contribution in [0.4, 0.5) is 20.3 Å². The summed E-state index contributed by atoms with van der Waals surface area (Å²) in [6.45, 7) is -5.64. The molecule has 10 atom stereocenters. The van der Waals surface area contributed by atoms with Gasteiger partial charge in [-0.3, -0.25) is 18.5 Å². The third-order valence-electron chi connectivity index (χ3n) is 8.31. The number of amides is 1. The Kier molecular flexibility index (Phi) is 7.91. The maximum atomic E-state index is 16.3. The number of halogens is 2. The molecule has 48 heavy (non-hydrogen) atoms. The number of nitrogen functional groups attached to an aromatic ring is 1. The molecule has 3 fully saturated rings. The number of hydrogen-bond donors (Lipinski definition) is 3. The summed E-state index contributed by atoms with van der Waals surface area (Å²) in [6, 6.07) is 1.59. The molecule has 4 unspecified atom stereocenters. The Balaban J connectivity index is 1.08. The van der Waals surface area contributed by atoms with E-state index in [1.807, 2.05) is 0 Å². The van der Waals surface area contributed by atoms with Crippen molar-refractivity contribution in [3.63, 3.8) is 0 Å². The minimum absolute atomic E-state index is 0.0461. The Morgan fingerprint density at radius 2 is 1.75 bits per heavy atom. The number of aryl methyl sites for hydroxylation is 1. The van der Waals surface area contributed by atoms with Crippen LogP contribution in [0.25, 0.3) is 22.2 Å². The third kappa shape index (κ3) is 5.53. The van der Waals surface area contributed by atoms with E-state index < -0.39 is 76.6 Å². The SMILES string of the molecule is [B]P1(=O)OC[C@H]2O[C@@H](n3cnc4c(N)ncnc43)C(F)[C@H]2OP(O)(=S)OC[C@H]2O[C@@H](n3nc4c5c(ccnc53)NC(=O)CC4)[C@@H](F)C2O1. The number of hydrogen-bond acceptors (Lipinski definition) is 15. The van der Waals surface area contributed by atoms with Crippen molar-refractivity contribution < 1.29 is 50.6 Å². The van der Waals surface area contributed by atoms with Crippen LogP contribution in [0, 0.1) is 0 Å². The smallest absolute Gasteiger partial charge is 0.325 e. The molecule has 3 saturated heterocycles. The Morgan fingerprint density at radius 1 is 1.02 bits per heavy atom. The van der Waals surface area contributed by atoms with Gasteiger partial charge in [0.05, 0.1) is 36.3 Å². The first-order valence-electron chi connectivity index (χ1n) is 14.4. The molecule has 4 aliphatic rings. The predicted molar refractivity (Wildman–Crippen MR) is 163 cm³/mol.